The van der Waals surface area contributed by atoms with E-state index in [1.807, 2.05) is 30.3 Å². The predicted molar refractivity (Wildman–Crippen MR) is 101 cm³/mol. The molecule has 29 heavy (non-hydrogen) atoms. The van der Waals surface area contributed by atoms with Crippen LogP contribution in [0.5, 0.6) is 0 Å². The molecule has 10 heteroatoms. The first kappa shape index (κ1) is 18.0. The van der Waals surface area contributed by atoms with Crippen molar-refractivity contribution in [1.29, 1.82) is 0 Å². The maximum atomic E-state index is 12.4. The predicted octanol–water partition coefficient (Wildman–Crippen LogP) is 1.91. The number of nitrogens with zero attached hydrogens (tertiary/aromatic N) is 3. The third kappa shape index (κ3) is 3.55. The molecule has 1 aromatic carbocycles. The molecule has 3 aromatic rings. The molecular formula is C19H18N4O5S. The van der Waals surface area contributed by atoms with Crippen molar-refractivity contribution < 1.29 is 22.2 Å². The van der Waals surface area contributed by atoms with E-state index in [0.717, 1.165) is 5.56 Å². The van der Waals surface area contributed by atoms with Crippen LogP contribution < -0.4 is 5.32 Å². The lowest BCUT2D eigenvalue weighted by Gasteiger charge is -2.33. The fourth-order valence-electron chi connectivity index (χ4n) is 3.60. The van der Waals surface area contributed by atoms with Crippen LogP contribution in [-0.4, -0.2) is 47.2 Å². The zero-order chi connectivity index (χ0) is 20.0. The van der Waals surface area contributed by atoms with Gasteiger partial charge in [-0.25, -0.2) is 8.42 Å². The van der Waals surface area contributed by atoms with Crippen molar-refractivity contribution >= 4 is 15.7 Å². The zero-order valence-corrected chi connectivity index (χ0v) is 16.1. The Balaban J connectivity index is 1.15. The summed E-state index contributed by atoms with van der Waals surface area (Å²) in [7, 11) is -2.93. The summed E-state index contributed by atoms with van der Waals surface area (Å²) in [5.74, 6) is 1.16. The van der Waals surface area contributed by atoms with E-state index < -0.39 is 9.84 Å². The summed E-state index contributed by atoms with van der Waals surface area (Å²) in [6, 6.07) is 11.1. The molecule has 1 saturated heterocycles. The number of sulfone groups is 1. The fourth-order valence-corrected chi connectivity index (χ4v) is 5.01. The largest absolute Gasteiger partial charge is 0.425 e. The van der Waals surface area contributed by atoms with Crippen LogP contribution in [0.4, 0.5) is 0 Å². The highest BCUT2D eigenvalue weighted by molar-refractivity contribution is 7.92. The van der Waals surface area contributed by atoms with Crippen molar-refractivity contribution in [3.05, 3.63) is 53.9 Å². The fraction of sp³-hybridized carbons (Fsp3) is 0.368. The van der Waals surface area contributed by atoms with Gasteiger partial charge in [0.1, 0.15) is 0 Å². The Kier molecular flexibility index (Phi) is 4.23. The molecular weight excluding hydrogens is 396 g/mol. The van der Waals surface area contributed by atoms with E-state index >= 15 is 0 Å². The van der Waals surface area contributed by atoms with Crippen molar-refractivity contribution in [2.45, 2.75) is 30.7 Å². The summed E-state index contributed by atoms with van der Waals surface area (Å²) in [4.78, 5) is 12.4. The van der Waals surface area contributed by atoms with Crippen LogP contribution >= 0.6 is 0 Å². The SMILES string of the molecule is O=C(N[C@H]1C[C@H](c2nnc(C3CS(=O)(=O)C3)o2)C1)c1cc(-c2ccccc2)on1. The zero-order valence-electron chi connectivity index (χ0n) is 15.3. The minimum absolute atomic E-state index is 0.0104. The van der Waals surface area contributed by atoms with Gasteiger partial charge in [-0.15, -0.1) is 10.2 Å². The van der Waals surface area contributed by atoms with Gasteiger partial charge in [0, 0.05) is 23.6 Å². The number of hydrogen-bond donors (Lipinski definition) is 1. The van der Waals surface area contributed by atoms with Gasteiger partial charge in [0.2, 0.25) is 11.8 Å². The van der Waals surface area contributed by atoms with Crippen molar-refractivity contribution in [2.24, 2.45) is 0 Å². The van der Waals surface area contributed by atoms with E-state index in [2.05, 4.69) is 20.7 Å². The quantitative estimate of drug-likeness (QED) is 0.670. The lowest BCUT2D eigenvalue weighted by Crippen LogP contribution is -2.43. The van der Waals surface area contributed by atoms with Gasteiger partial charge in [-0.3, -0.25) is 4.79 Å². The lowest BCUT2D eigenvalue weighted by molar-refractivity contribution is 0.0894. The molecule has 9 nitrogen and oxygen atoms in total. The molecule has 1 aliphatic carbocycles. The Labute approximate surface area is 166 Å². The molecule has 1 aliphatic heterocycles. The van der Waals surface area contributed by atoms with Crippen molar-refractivity contribution in [3.8, 4) is 11.3 Å². The average molecular weight is 414 g/mol. The van der Waals surface area contributed by atoms with Crippen molar-refractivity contribution in [3.63, 3.8) is 0 Å². The third-order valence-electron chi connectivity index (χ3n) is 5.34. The monoisotopic (exact) mass is 414 g/mol. The molecule has 0 atom stereocenters. The van der Waals surface area contributed by atoms with Crippen LogP contribution in [-0.2, 0) is 9.84 Å². The standard InChI is InChI=1S/C19H18N4O5S/c24-17(15-8-16(28-23-15)11-4-2-1-3-5-11)20-14-6-12(7-14)18-21-22-19(27-18)13-9-29(25,26)10-13/h1-5,8,12-14H,6-7,9-10H2,(H,20,24)/t12-,14-. The first-order chi connectivity index (χ1) is 14.0. The number of carbonyl (C=O) groups is 1. The number of rotatable bonds is 5. The normalized spacial score (nSPS) is 23.2. The summed E-state index contributed by atoms with van der Waals surface area (Å²) in [5, 5.41) is 14.8. The van der Waals surface area contributed by atoms with Crippen molar-refractivity contribution in [2.75, 3.05) is 11.5 Å². The van der Waals surface area contributed by atoms with E-state index in [1.165, 1.54) is 0 Å². The van der Waals surface area contributed by atoms with E-state index in [1.54, 1.807) is 6.07 Å². The molecule has 3 heterocycles. The Morgan fingerprint density at radius 1 is 1.03 bits per heavy atom. The third-order valence-corrected chi connectivity index (χ3v) is 7.16. The number of aromatic nitrogens is 3. The van der Waals surface area contributed by atoms with Gasteiger partial charge < -0.3 is 14.3 Å². The summed E-state index contributed by atoms with van der Waals surface area (Å²) >= 11 is 0. The van der Waals surface area contributed by atoms with Gasteiger partial charge in [-0.2, -0.15) is 0 Å². The minimum Gasteiger partial charge on any atom is -0.425 e. The maximum absolute atomic E-state index is 12.4. The first-order valence-electron chi connectivity index (χ1n) is 9.33. The van der Waals surface area contributed by atoms with Gasteiger partial charge in [0.15, 0.2) is 21.3 Å². The highest BCUT2D eigenvalue weighted by Crippen LogP contribution is 2.38. The summed E-state index contributed by atoms with van der Waals surface area (Å²) in [6.45, 7) is 0. The van der Waals surface area contributed by atoms with Crippen LogP contribution in [0.25, 0.3) is 11.3 Å². The Morgan fingerprint density at radius 2 is 1.72 bits per heavy atom. The number of amides is 1. The first-order valence-corrected chi connectivity index (χ1v) is 11.2. The Hall–Kier alpha value is -3.01. The highest BCUT2D eigenvalue weighted by Gasteiger charge is 2.40. The van der Waals surface area contributed by atoms with Crippen LogP contribution in [0.1, 0.15) is 46.9 Å². The lowest BCUT2D eigenvalue weighted by atomic mass is 9.80. The number of hydrogen-bond acceptors (Lipinski definition) is 8. The van der Waals surface area contributed by atoms with E-state index in [4.69, 9.17) is 8.94 Å². The number of carbonyl (C=O) groups excluding carboxylic acids is 1. The Morgan fingerprint density at radius 3 is 2.41 bits per heavy atom. The highest BCUT2D eigenvalue weighted by atomic mass is 32.2. The Bertz CT molecular complexity index is 1140. The maximum Gasteiger partial charge on any atom is 0.273 e. The van der Waals surface area contributed by atoms with Gasteiger partial charge in [0.25, 0.3) is 5.91 Å². The van der Waals surface area contributed by atoms with Crippen LogP contribution in [0.15, 0.2) is 45.3 Å². The molecule has 1 N–H and O–H groups in total. The second-order valence-electron chi connectivity index (χ2n) is 7.53. The summed E-state index contributed by atoms with van der Waals surface area (Å²) < 4.78 is 33.5. The van der Waals surface area contributed by atoms with Crippen LogP contribution in [0, 0.1) is 0 Å². The van der Waals surface area contributed by atoms with Gasteiger partial charge in [-0.05, 0) is 12.8 Å². The minimum atomic E-state index is -2.93. The summed E-state index contributed by atoms with van der Waals surface area (Å²) in [5.41, 5.74) is 1.09. The molecule has 2 aliphatic rings. The second kappa shape index (κ2) is 6.80. The molecule has 2 aromatic heterocycles. The van der Waals surface area contributed by atoms with Crippen molar-refractivity contribution in [1.82, 2.24) is 20.7 Å². The van der Waals surface area contributed by atoms with Gasteiger partial charge in [0.05, 0.1) is 17.4 Å². The second-order valence-corrected chi connectivity index (χ2v) is 9.69. The van der Waals surface area contributed by atoms with E-state index in [9.17, 15) is 13.2 Å². The topological polar surface area (TPSA) is 128 Å². The molecule has 1 saturated carbocycles. The molecule has 5 rings (SSSR count). The molecule has 1 amide bonds. The van der Waals surface area contributed by atoms with Gasteiger partial charge in [-0.1, -0.05) is 35.5 Å². The summed E-state index contributed by atoms with van der Waals surface area (Å²) in [6.07, 6.45) is 1.36. The molecule has 0 spiro atoms. The number of nitrogens with one attached hydrogen (secondary N) is 1. The average Bonchev–Trinajstić information content (AvgIpc) is 3.32. The van der Waals surface area contributed by atoms with E-state index in [-0.39, 0.29) is 41.0 Å². The van der Waals surface area contributed by atoms with Crippen LogP contribution in [0.3, 0.4) is 0 Å². The molecule has 0 unspecified atom stereocenters. The molecule has 150 valence electrons. The molecule has 0 radical (unpaired) electrons. The number of benzene rings is 1. The van der Waals surface area contributed by atoms with Crippen LogP contribution in [0.2, 0.25) is 0 Å². The van der Waals surface area contributed by atoms with Gasteiger partial charge >= 0.3 is 0 Å². The smallest absolute Gasteiger partial charge is 0.273 e. The van der Waals surface area contributed by atoms with E-state index in [0.29, 0.717) is 30.4 Å². The molecule has 2 fully saturated rings. The molecule has 0 bridgehead atoms.